The number of anilines is 1. The zero-order valence-electron chi connectivity index (χ0n) is 17.0. The lowest BCUT2D eigenvalue weighted by atomic mass is 10.1. The molecule has 3 rings (SSSR count). The highest BCUT2D eigenvalue weighted by Crippen LogP contribution is 2.39. The number of aromatic nitrogens is 2. The summed E-state index contributed by atoms with van der Waals surface area (Å²) in [5.74, 6) is 0.246. The number of halogens is 1. The summed E-state index contributed by atoms with van der Waals surface area (Å²) < 4.78 is 5.03. The number of carbonyl (C=O) groups is 2. The highest BCUT2D eigenvalue weighted by Gasteiger charge is 2.28. The molecule has 2 amide bonds. The summed E-state index contributed by atoms with van der Waals surface area (Å²) in [5, 5.41) is 7.04. The van der Waals surface area contributed by atoms with E-state index in [0.717, 1.165) is 48.3 Å². The van der Waals surface area contributed by atoms with E-state index in [0.29, 0.717) is 28.9 Å². The van der Waals surface area contributed by atoms with Crippen molar-refractivity contribution in [1.82, 2.24) is 15.3 Å². The molecule has 0 saturated carbocycles. The van der Waals surface area contributed by atoms with Crippen molar-refractivity contribution < 1.29 is 14.3 Å². The molecule has 2 aromatic heterocycles. The molecule has 30 heavy (non-hydrogen) atoms. The normalized spacial score (nSPS) is 12.6. The Labute approximate surface area is 189 Å². The maximum absolute atomic E-state index is 12.9. The van der Waals surface area contributed by atoms with Crippen LogP contribution in [0.4, 0.5) is 5.00 Å². The number of methoxy groups -OCH3 is 1. The van der Waals surface area contributed by atoms with Crippen molar-refractivity contribution in [3.05, 3.63) is 32.9 Å². The van der Waals surface area contributed by atoms with E-state index in [4.69, 9.17) is 16.3 Å². The quantitative estimate of drug-likeness (QED) is 0.308. The molecule has 0 aromatic carbocycles. The maximum atomic E-state index is 12.9. The van der Waals surface area contributed by atoms with E-state index in [1.807, 2.05) is 0 Å². The minimum absolute atomic E-state index is 0.116. The summed E-state index contributed by atoms with van der Waals surface area (Å²) in [5.41, 5.74) is 1.71. The van der Waals surface area contributed by atoms with Gasteiger partial charge in [-0.15, -0.1) is 11.3 Å². The largest absolute Gasteiger partial charge is 0.385 e. The molecule has 162 valence electrons. The molecule has 1 aliphatic carbocycles. The molecule has 0 atom stereocenters. The number of fused-ring (bicyclic) bond motifs is 1. The Kier molecular flexibility index (Phi) is 8.50. The lowest BCUT2D eigenvalue weighted by molar-refractivity contribution is 0.0949. The number of hydrogen-bond acceptors (Lipinski definition) is 7. The third-order valence-corrected chi connectivity index (χ3v) is 7.11. The average Bonchev–Trinajstić information content (AvgIpc) is 3.31. The molecule has 2 aromatic rings. The third kappa shape index (κ3) is 5.51. The molecule has 0 radical (unpaired) electrons. The van der Waals surface area contributed by atoms with Gasteiger partial charge in [0, 0.05) is 30.9 Å². The van der Waals surface area contributed by atoms with Crippen molar-refractivity contribution >= 4 is 51.5 Å². The zero-order valence-corrected chi connectivity index (χ0v) is 19.4. The fraction of sp³-hybridized carbons (Fsp3) is 0.500. The summed E-state index contributed by atoms with van der Waals surface area (Å²) in [7, 11) is 1.63. The second kappa shape index (κ2) is 11.1. The Balaban J connectivity index is 1.79. The summed E-state index contributed by atoms with van der Waals surface area (Å²) in [6.45, 7) is 3.16. The third-order valence-electron chi connectivity index (χ3n) is 4.56. The first-order chi connectivity index (χ1) is 14.5. The Morgan fingerprint density at radius 2 is 2.17 bits per heavy atom. The van der Waals surface area contributed by atoms with Crippen molar-refractivity contribution in [2.24, 2.45) is 0 Å². The number of amides is 2. The van der Waals surface area contributed by atoms with Gasteiger partial charge in [-0.3, -0.25) is 9.59 Å². The van der Waals surface area contributed by atoms with Crippen molar-refractivity contribution in [3.63, 3.8) is 0 Å². The highest BCUT2D eigenvalue weighted by atomic mass is 35.5. The van der Waals surface area contributed by atoms with Crippen LogP contribution in [0.5, 0.6) is 0 Å². The van der Waals surface area contributed by atoms with Gasteiger partial charge in [0.1, 0.15) is 5.00 Å². The van der Waals surface area contributed by atoms with Gasteiger partial charge in [0.25, 0.3) is 11.8 Å². The zero-order chi connectivity index (χ0) is 21.5. The predicted octanol–water partition coefficient (Wildman–Crippen LogP) is 4.20. The van der Waals surface area contributed by atoms with Crippen molar-refractivity contribution in [1.29, 1.82) is 0 Å². The second-order valence-electron chi connectivity index (χ2n) is 6.82. The average molecular weight is 469 g/mol. The van der Waals surface area contributed by atoms with Gasteiger partial charge in [-0.05, 0) is 37.7 Å². The Morgan fingerprint density at radius 1 is 1.33 bits per heavy atom. The summed E-state index contributed by atoms with van der Waals surface area (Å²) >= 11 is 9.12. The summed E-state index contributed by atoms with van der Waals surface area (Å²) in [6, 6.07) is 0. The van der Waals surface area contributed by atoms with E-state index in [-0.39, 0.29) is 16.6 Å². The van der Waals surface area contributed by atoms with Crippen LogP contribution in [0, 0.1) is 0 Å². The lowest BCUT2D eigenvalue weighted by Gasteiger charge is -2.10. The molecular weight excluding hydrogens is 444 g/mol. The maximum Gasteiger partial charge on any atom is 0.276 e. The van der Waals surface area contributed by atoms with Crippen molar-refractivity contribution in [2.45, 2.75) is 44.2 Å². The minimum atomic E-state index is -0.436. The fourth-order valence-electron chi connectivity index (χ4n) is 3.17. The molecule has 2 N–H and O–H groups in total. The monoisotopic (exact) mass is 468 g/mol. The number of aryl methyl sites for hydroxylation is 1. The molecule has 7 nitrogen and oxygen atoms in total. The number of nitrogens with one attached hydrogen (secondary N) is 2. The smallest absolute Gasteiger partial charge is 0.276 e. The molecule has 0 unspecified atom stereocenters. The number of nitrogens with zero attached hydrogens (tertiary/aromatic N) is 2. The van der Waals surface area contributed by atoms with Gasteiger partial charge in [0.05, 0.1) is 16.8 Å². The number of carbonyl (C=O) groups excluding carboxylic acids is 2. The van der Waals surface area contributed by atoms with E-state index in [9.17, 15) is 9.59 Å². The Hall–Kier alpha value is -1.68. The molecule has 0 saturated heterocycles. The molecular formula is C20H25ClN4O3S2. The van der Waals surface area contributed by atoms with E-state index in [2.05, 4.69) is 27.5 Å². The molecule has 0 bridgehead atoms. The van der Waals surface area contributed by atoms with Crippen molar-refractivity contribution in [3.8, 4) is 0 Å². The molecule has 10 heteroatoms. The van der Waals surface area contributed by atoms with Gasteiger partial charge in [-0.25, -0.2) is 9.97 Å². The molecule has 1 aliphatic rings. The van der Waals surface area contributed by atoms with Crippen molar-refractivity contribution in [2.75, 3.05) is 31.3 Å². The number of thioether (sulfide) groups is 1. The van der Waals surface area contributed by atoms with Crippen LogP contribution < -0.4 is 10.6 Å². The van der Waals surface area contributed by atoms with Crippen LogP contribution in [-0.4, -0.2) is 47.8 Å². The Bertz CT molecular complexity index is 920. The van der Waals surface area contributed by atoms with E-state index < -0.39 is 5.91 Å². The topological polar surface area (TPSA) is 93.2 Å². The first kappa shape index (κ1) is 23.0. The summed E-state index contributed by atoms with van der Waals surface area (Å²) in [6.07, 6.45) is 5.93. The van der Waals surface area contributed by atoms with E-state index in [1.54, 1.807) is 7.11 Å². The van der Waals surface area contributed by atoms with Crippen LogP contribution in [0.1, 0.15) is 57.5 Å². The van der Waals surface area contributed by atoms with Crippen LogP contribution in [0.15, 0.2) is 11.4 Å². The van der Waals surface area contributed by atoms with Gasteiger partial charge >= 0.3 is 0 Å². The molecule has 0 spiro atoms. The number of thiophene rings is 1. The highest BCUT2D eigenvalue weighted by molar-refractivity contribution is 7.99. The second-order valence-corrected chi connectivity index (χ2v) is 9.39. The van der Waals surface area contributed by atoms with Gasteiger partial charge in [0.15, 0.2) is 10.9 Å². The van der Waals surface area contributed by atoms with Gasteiger partial charge < -0.3 is 15.4 Å². The lowest BCUT2D eigenvalue weighted by Crippen LogP contribution is -2.27. The first-order valence-electron chi connectivity index (χ1n) is 9.93. The van der Waals surface area contributed by atoms with Gasteiger partial charge in [0.2, 0.25) is 0 Å². The molecule has 2 heterocycles. The van der Waals surface area contributed by atoms with Gasteiger partial charge in [-0.2, -0.15) is 0 Å². The SMILES string of the molecule is CCCSc1ncc(Cl)c(C(=O)Nc2sc3c(c2C(=O)NCCCOC)CCC3)n1. The molecule has 0 aliphatic heterocycles. The van der Waals surface area contributed by atoms with E-state index >= 15 is 0 Å². The van der Waals surface area contributed by atoms with Crippen LogP contribution in [0.3, 0.4) is 0 Å². The minimum Gasteiger partial charge on any atom is -0.385 e. The number of ether oxygens (including phenoxy) is 1. The van der Waals surface area contributed by atoms with Crippen LogP contribution in [0.25, 0.3) is 0 Å². The standard InChI is InChI=1S/C20H25ClN4O3S2/c1-3-10-29-20-23-11-13(21)16(24-20)18(27)25-19-15(12-6-4-7-14(12)30-19)17(26)22-8-5-9-28-2/h11H,3-10H2,1-2H3,(H,22,26)(H,25,27). The number of hydrogen-bond donors (Lipinski definition) is 2. The van der Waals surface area contributed by atoms with Gasteiger partial charge in [-0.1, -0.05) is 30.3 Å². The Morgan fingerprint density at radius 3 is 2.93 bits per heavy atom. The number of rotatable bonds is 10. The van der Waals surface area contributed by atoms with E-state index in [1.165, 1.54) is 29.3 Å². The molecule has 0 fully saturated rings. The van der Waals surface area contributed by atoms with Crippen LogP contribution in [-0.2, 0) is 17.6 Å². The predicted molar refractivity (Wildman–Crippen MR) is 121 cm³/mol. The van der Waals surface area contributed by atoms with Crippen LogP contribution >= 0.6 is 34.7 Å². The summed E-state index contributed by atoms with van der Waals surface area (Å²) in [4.78, 5) is 35.4. The first-order valence-corrected chi connectivity index (χ1v) is 12.1. The van der Waals surface area contributed by atoms with Crippen LogP contribution in [0.2, 0.25) is 5.02 Å². The fourth-order valence-corrected chi connectivity index (χ4v) is 5.30.